The molecule has 0 aromatic heterocycles. The maximum atomic E-state index is 13.2. The average molecular weight is 540 g/mol. The predicted molar refractivity (Wildman–Crippen MR) is 135 cm³/mol. The van der Waals surface area contributed by atoms with Gasteiger partial charge in [0, 0.05) is 23.1 Å². The van der Waals surface area contributed by atoms with Crippen molar-refractivity contribution in [3.8, 4) is 11.5 Å². The molecular weight excluding hydrogens is 519 g/mol. The number of nitrogens with zero attached hydrogens (tertiary/aromatic N) is 1. The molecule has 1 heterocycles. The number of rotatable bonds is 6. The van der Waals surface area contributed by atoms with E-state index in [0.29, 0.717) is 35.1 Å². The molecule has 1 aliphatic heterocycles. The number of anilines is 1. The Balaban J connectivity index is 1.52. The summed E-state index contributed by atoms with van der Waals surface area (Å²) in [5.41, 5.74) is 0.402. The molecule has 1 aliphatic rings. The molecule has 4 rings (SSSR count). The Morgan fingerprint density at radius 1 is 0.971 bits per heavy atom. The third kappa shape index (κ3) is 5.67. The van der Waals surface area contributed by atoms with Crippen LogP contribution in [-0.2, 0) is 14.8 Å². The second-order valence-electron chi connectivity index (χ2n) is 7.82. The molecule has 34 heavy (non-hydrogen) atoms. The summed E-state index contributed by atoms with van der Waals surface area (Å²) in [6.45, 7) is 0.306. The van der Waals surface area contributed by atoms with Gasteiger partial charge < -0.3 is 10.1 Å². The van der Waals surface area contributed by atoms with Gasteiger partial charge >= 0.3 is 0 Å². The zero-order chi connectivity index (χ0) is 24.3. The van der Waals surface area contributed by atoms with Gasteiger partial charge in [-0.25, -0.2) is 8.42 Å². The topological polar surface area (TPSA) is 75.7 Å². The van der Waals surface area contributed by atoms with Gasteiger partial charge in [-0.3, -0.25) is 4.79 Å². The number of carbonyl (C=O) groups is 1. The molecule has 3 aromatic carbocycles. The Morgan fingerprint density at radius 2 is 1.68 bits per heavy atom. The standard InChI is InChI=1S/C24H21Cl3N2O4S/c25-17-9-11-22(33-19-6-2-1-3-7-19)21(13-17)28-24(30)16-5-4-12-29(15-16)34(31,32)23-14-18(26)8-10-20(23)27/h1-3,6-11,13-14,16H,4-5,12,15H2,(H,28,30)/t16-/m1/s1. The van der Waals surface area contributed by atoms with Crippen LogP contribution in [0.1, 0.15) is 12.8 Å². The Labute approximate surface area is 213 Å². The van der Waals surface area contributed by atoms with Gasteiger partial charge in [-0.2, -0.15) is 4.31 Å². The number of ether oxygens (including phenoxy) is 1. The molecule has 1 atom stereocenters. The van der Waals surface area contributed by atoms with Gasteiger partial charge in [0.15, 0.2) is 5.75 Å². The largest absolute Gasteiger partial charge is 0.455 e. The summed E-state index contributed by atoms with van der Waals surface area (Å²) in [4.78, 5) is 13.1. The number of amides is 1. The first-order chi connectivity index (χ1) is 16.2. The van der Waals surface area contributed by atoms with E-state index in [0.717, 1.165) is 0 Å². The van der Waals surface area contributed by atoms with Crippen LogP contribution in [0.15, 0.2) is 71.6 Å². The highest BCUT2D eigenvalue weighted by atomic mass is 35.5. The van der Waals surface area contributed by atoms with Crippen molar-refractivity contribution in [2.24, 2.45) is 5.92 Å². The Kier molecular flexibility index (Phi) is 7.70. The molecule has 6 nitrogen and oxygen atoms in total. The van der Waals surface area contributed by atoms with Crippen molar-refractivity contribution in [2.45, 2.75) is 17.7 Å². The highest BCUT2D eigenvalue weighted by Crippen LogP contribution is 2.34. The lowest BCUT2D eigenvalue weighted by atomic mass is 9.98. The van der Waals surface area contributed by atoms with E-state index in [9.17, 15) is 13.2 Å². The molecule has 0 saturated carbocycles. The molecule has 1 saturated heterocycles. The summed E-state index contributed by atoms with van der Waals surface area (Å²) in [6.07, 6.45) is 1.06. The fourth-order valence-electron chi connectivity index (χ4n) is 3.73. The van der Waals surface area contributed by atoms with Crippen molar-refractivity contribution in [1.29, 1.82) is 0 Å². The number of sulfonamides is 1. The first kappa shape index (κ1) is 24.8. The maximum Gasteiger partial charge on any atom is 0.244 e. The van der Waals surface area contributed by atoms with Crippen molar-refractivity contribution < 1.29 is 17.9 Å². The Hall–Kier alpha value is -2.29. The second-order valence-corrected chi connectivity index (χ2v) is 11.0. The fourth-order valence-corrected chi connectivity index (χ4v) is 6.16. The summed E-state index contributed by atoms with van der Waals surface area (Å²) in [6, 6.07) is 18.4. The molecule has 0 spiro atoms. The summed E-state index contributed by atoms with van der Waals surface area (Å²) in [7, 11) is -3.92. The lowest BCUT2D eigenvalue weighted by Crippen LogP contribution is -2.43. The molecule has 0 bridgehead atoms. The number of halogens is 3. The fraction of sp³-hybridized carbons (Fsp3) is 0.208. The molecule has 0 unspecified atom stereocenters. The Morgan fingerprint density at radius 3 is 2.44 bits per heavy atom. The first-order valence-electron chi connectivity index (χ1n) is 10.5. The molecule has 0 radical (unpaired) electrons. The van der Waals surface area contributed by atoms with Crippen LogP contribution in [0, 0.1) is 5.92 Å². The van der Waals surface area contributed by atoms with E-state index >= 15 is 0 Å². The molecular formula is C24H21Cl3N2O4S. The van der Waals surface area contributed by atoms with E-state index in [1.807, 2.05) is 18.2 Å². The lowest BCUT2D eigenvalue weighted by molar-refractivity contribution is -0.120. The van der Waals surface area contributed by atoms with Crippen molar-refractivity contribution >= 4 is 56.4 Å². The molecule has 1 N–H and O–H groups in total. The van der Waals surface area contributed by atoms with E-state index in [2.05, 4.69) is 5.32 Å². The van der Waals surface area contributed by atoms with Gasteiger partial charge in [-0.15, -0.1) is 0 Å². The van der Waals surface area contributed by atoms with Crippen molar-refractivity contribution in [3.05, 3.63) is 81.8 Å². The van der Waals surface area contributed by atoms with Crippen LogP contribution in [0.25, 0.3) is 0 Å². The van der Waals surface area contributed by atoms with Gasteiger partial charge in [0.1, 0.15) is 10.6 Å². The van der Waals surface area contributed by atoms with Crippen molar-refractivity contribution in [3.63, 3.8) is 0 Å². The van der Waals surface area contributed by atoms with Gasteiger partial charge in [-0.05, 0) is 61.4 Å². The van der Waals surface area contributed by atoms with Gasteiger partial charge in [0.25, 0.3) is 0 Å². The second kappa shape index (κ2) is 10.5. The molecule has 3 aromatic rings. The molecule has 178 valence electrons. The summed E-state index contributed by atoms with van der Waals surface area (Å²) >= 11 is 18.3. The van der Waals surface area contributed by atoms with Crippen LogP contribution in [0.3, 0.4) is 0 Å². The summed E-state index contributed by atoms with van der Waals surface area (Å²) in [5.74, 6) is 0.144. The number of benzene rings is 3. The quantitative estimate of drug-likeness (QED) is 0.389. The minimum absolute atomic E-state index is 0.0203. The van der Waals surface area contributed by atoms with Crippen LogP contribution in [0.5, 0.6) is 11.5 Å². The van der Waals surface area contributed by atoms with E-state index in [1.165, 1.54) is 22.5 Å². The summed E-state index contributed by atoms with van der Waals surface area (Å²) < 4.78 is 33.6. The van der Waals surface area contributed by atoms with Gasteiger partial charge in [0.2, 0.25) is 15.9 Å². The molecule has 0 aliphatic carbocycles. The lowest BCUT2D eigenvalue weighted by Gasteiger charge is -2.31. The zero-order valence-corrected chi connectivity index (χ0v) is 21.0. The number of piperidine rings is 1. The van der Waals surface area contributed by atoms with Crippen LogP contribution in [0.4, 0.5) is 5.69 Å². The maximum absolute atomic E-state index is 13.2. The third-order valence-corrected chi connectivity index (χ3v) is 8.25. The zero-order valence-electron chi connectivity index (χ0n) is 17.9. The normalized spacial score (nSPS) is 16.7. The number of carbonyl (C=O) groups excluding carboxylic acids is 1. The van der Waals surface area contributed by atoms with Gasteiger partial charge in [0.05, 0.1) is 16.6 Å². The highest BCUT2D eigenvalue weighted by Gasteiger charge is 2.34. The predicted octanol–water partition coefficient (Wildman–Crippen LogP) is 6.48. The molecule has 1 fully saturated rings. The van der Waals surface area contributed by atoms with E-state index < -0.39 is 15.9 Å². The van der Waals surface area contributed by atoms with E-state index in [1.54, 1.807) is 30.3 Å². The number of para-hydroxylation sites is 1. The number of nitrogens with one attached hydrogen (secondary N) is 1. The smallest absolute Gasteiger partial charge is 0.244 e. The van der Waals surface area contributed by atoms with Crippen LogP contribution >= 0.6 is 34.8 Å². The minimum atomic E-state index is -3.92. The highest BCUT2D eigenvalue weighted by molar-refractivity contribution is 7.89. The number of hydrogen-bond donors (Lipinski definition) is 1. The van der Waals surface area contributed by atoms with Crippen LogP contribution < -0.4 is 10.1 Å². The van der Waals surface area contributed by atoms with Crippen molar-refractivity contribution in [2.75, 3.05) is 18.4 Å². The first-order valence-corrected chi connectivity index (χ1v) is 13.1. The monoisotopic (exact) mass is 538 g/mol. The minimum Gasteiger partial charge on any atom is -0.455 e. The van der Waals surface area contributed by atoms with Crippen LogP contribution in [-0.4, -0.2) is 31.7 Å². The summed E-state index contributed by atoms with van der Waals surface area (Å²) in [5, 5.41) is 3.63. The molecule has 1 amide bonds. The van der Waals surface area contributed by atoms with Crippen LogP contribution in [0.2, 0.25) is 15.1 Å². The number of hydrogen-bond acceptors (Lipinski definition) is 4. The SMILES string of the molecule is O=C(Nc1cc(Cl)ccc1Oc1ccccc1)[C@@H]1CCCN(S(=O)(=O)c2cc(Cl)ccc2Cl)C1. The third-order valence-electron chi connectivity index (χ3n) is 5.44. The van der Waals surface area contributed by atoms with Crippen molar-refractivity contribution in [1.82, 2.24) is 4.31 Å². The Bertz CT molecular complexity index is 1300. The van der Waals surface area contributed by atoms with Gasteiger partial charge in [-0.1, -0.05) is 53.0 Å². The van der Waals surface area contributed by atoms with E-state index in [-0.39, 0.29) is 33.9 Å². The average Bonchev–Trinajstić information content (AvgIpc) is 2.83. The molecule has 10 heteroatoms. The van der Waals surface area contributed by atoms with E-state index in [4.69, 9.17) is 39.5 Å².